The molecule has 37 heavy (non-hydrogen) atoms. The number of hydrogen-bond donors (Lipinski definition) is 2. The first kappa shape index (κ1) is 28.3. The third-order valence-corrected chi connectivity index (χ3v) is 6.88. The molecule has 0 aliphatic rings. The van der Waals surface area contributed by atoms with E-state index in [0.29, 0.717) is 17.7 Å². The van der Waals surface area contributed by atoms with E-state index in [1.807, 2.05) is 86.0 Å². The molecule has 4 rings (SSSR count). The van der Waals surface area contributed by atoms with E-state index in [0.717, 1.165) is 38.9 Å². The minimum absolute atomic E-state index is 0. The van der Waals surface area contributed by atoms with Gasteiger partial charge in [-0.15, -0.1) is 0 Å². The van der Waals surface area contributed by atoms with Gasteiger partial charge in [0, 0.05) is 5.56 Å². The van der Waals surface area contributed by atoms with Crippen LogP contribution < -0.4 is 5.32 Å². The predicted octanol–water partition coefficient (Wildman–Crippen LogP) is 6.28. The number of nitrogens with one attached hydrogen (secondary N) is 1. The number of carbonyl (C=O) groups excluding carboxylic acids is 1. The zero-order chi connectivity index (χ0) is 25.5. The number of hydrogen-bond acceptors (Lipinski definition) is 3. The van der Waals surface area contributed by atoms with Crippen molar-refractivity contribution in [1.29, 1.82) is 0 Å². The van der Waals surface area contributed by atoms with Crippen LogP contribution in [-0.4, -0.2) is 53.9 Å². The van der Waals surface area contributed by atoms with Crippen molar-refractivity contribution in [3.05, 3.63) is 108 Å². The normalized spacial score (nSPS) is 11.3. The number of aryl methyl sites for hydroxylation is 1. The van der Waals surface area contributed by atoms with Crippen LogP contribution in [0.4, 0.5) is 0 Å². The maximum atomic E-state index is 13.4. The van der Waals surface area contributed by atoms with Crippen LogP contribution in [0.5, 0.6) is 0 Å². The van der Waals surface area contributed by atoms with Crippen molar-refractivity contribution in [3.63, 3.8) is 0 Å². The van der Waals surface area contributed by atoms with Crippen molar-refractivity contribution in [2.24, 2.45) is 0 Å². The van der Waals surface area contributed by atoms with E-state index in [1.165, 1.54) is 0 Å². The molecule has 0 heterocycles. The number of carbonyl (C=O) groups is 2. The Bertz CT molecular complexity index is 1370. The summed E-state index contributed by atoms with van der Waals surface area (Å²) >= 11 is 1.56. The van der Waals surface area contributed by atoms with Gasteiger partial charge in [-0.25, -0.2) is 4.79 Å². The second kappa shape index (κ2) is 13.4. The molecule has 4 aromatic rings. The molecule has 1 atom stereocenters. The fourth-order valence-electron chi connectivity index (χ4n) is 4.34. The Hall–Kier alpha value is -3.23. The van der Waals surface area contributed by atoms with Crippen molar-refractivity contribution < 1.29 is 14.7 Å². The molecule has 0 aliphatic carbocycles. The average molecular weight is 504 g/mol. The quantitative estimate of drug-likeness (QED) is 0.264. The summed E-state index contributed by atoms with van der Waals surface area (Å²) in [5, 5.41) is 12.4. The molecule has 0 spiro atoms. The third-order valence-electron chi connectivity index (χ3n) is 6.24. The second-order valence-corrected chi connectivity index (χ2v) is 9.62. The summed E-state index contributed by atoms with van der Waals surface area (Å²) in [6, 6.07) is 31.2. The van der Waals surface area contributed by atoms with Crippen molar-refractivity contribution in [1.82, 2.24) is 5.32 Å². The van der Waals surface area contributed by atoms with Crippen LogP contribution in [-0.2, 0) is 4.79 Å². The Morgan fingerprint density at radius 2 is 1.38 bits per heavy atom. The summed E-state index contributed by atoms with van der Waals surface area (Å²) in [5.41, 5.74) is 7.49. The molecule has 184 valence electrons. The Morgan fingerprint density at radius 3 is 2.00 bits per heavy atom. The summed E-state index contributed by atoms with van der Waals surface area (Å²) in [6.45, 7) is 2.01. The molecule has 0 radical (unpaired) electrons. The number of carboxylic acid groups (broad SMARTS) is 1. The molecule has 6 heteroatoms. The molecule has 1 amide bonds. The fourth-order valence-corrected chi connectivity index (χ4v) is 4.81. The molecular formula is C31H30LiNO3S. The van der Waals surface area contributed by atoms with Gasteiger partial charge in [0.25, 0.3) is 5.91 Å². The number of benzene rings is 4. The predicted molar refractivity (Wildman–Crippen MR) is 157 cm³/mol. The van der Waals surface area contributed by atoms with E-state index in [4.69, 9.17) is 0 Å². The van der Waals surface area contributed by atoms with Gasteiger partial charge in [0.2, 0.25) is 0 Å². The number of amides is 1. The Balaban J connectivity index is 0.00000380. The average Bonchev–Trinajstić information content (AvgIpc) is 2.91. The molecule has 0 aliphatic heterocycles. The van der Waals surface area contributed by atoms with Crippen LogP contribution in [0.25, 0.3) is 33.4 Å². The minimum atomic E-state index is -1.02. The number of rotatable bonds is 9. The van der Waals surface area contributed by atoms with Crippen LogP contribution in [0.2, 0.25) is 0 Å². The van der Waals surface area contributed by atoms with E-state index < -0.39 is 12.0 Å². The molecule has 0 aromatic heterocycles. The molecule has 4 aromatic carbocycles. The zero-order valence-electron chi connectivity index (χ0n) is 20.4. The van der Waals surface area contributed by atoms with Crippen LogP contribution in [0.1, 0.15) is 22.3 Å². The van der Waals surface area contributed by atoms with Crippen LogP contribution in [0.15, 0.2) is 97.1 Å². The Kier molecular flexibility index (Phi) is 10.2. The van der Waals surface area contributed by atoms with E-state index in [2.05, 4.69) is 29.6 Å². The van der Waals surface area contributed by atoms with E-state index in [9.17, 15) is 14.7 Å². The van der Waals surface area contributed by atoms with Gasteiger partial charge >= 0.3 is 24.8 Å². The zero-order valence-corrected chi connectivity index (χ0v) is 21.2. The first-order chi connectivity index (χ1) is 17.5. The molecular weight excluding hydrogens is 473 g/mol. The van der Waals surface area contributed by atoms with Crippen molar-refractivity contribution >= 4 is 42.5 Å². The Morgan fingerprint density at radius 1 is 0.784 bits per heavy atom. The SMILES string of the molecule is CSCC[C@H](NC(=O)c1ccc(-c2ccccc2-c2ccccc2)cc1-c1ccccc1C)C(=O)O.[LiH]. The maximum absolute atomic E-state index is 13.4. The van der Waals surface area contributed by atoms with E-state index >= 15 is 0 Å². The summed E-state index contributed by atoms with van der Waals surface area (Å²) in [5.74, 6) is -0.759. The number of carboxylic acids is 1. The fraction of sp³-hybridized carbons (Fsp3) is 0.161. The molecule has 0 saturated heterocycles. The van der Waals surface area contributed by atoms with Crippen LogP contribution in [0.3, 0.4) is 0 Å². The summed E-state index contributed by atoms with van der Waals surface area (Å²) in [6.07, 6.45) is 2.29. The van der Waals surface area contributed by atoms with Gasteiger partial charge in [-0.1, -0.05) is 84.9 Å². The van der Waals surface area contributed by atoms with E-state index in [1.54, 1.807) is 11.8 Å². The molecule has 4 nitrogen and oxygen atoms in total. The topological polar surface area (TPSA) is 66.4 Å². The van der Waals surface area contributed by atoms with Crippen LogP contribution >= 0.6 is 11.8 Å². The number of aliphatic carboxylic acids is 1. The molecule has 0 fully saturated rings. The van der Waals surface area contributed by atoms with Gasteiger partial charge in [-0.2, -0.15) is 11.8 Å². The summed E-state index contributed by atoms with van der Waals surface area (Å²) in [4.78, 5) is 25.2. The van der Waals surface area contributed by atoms with Gasteiger partial charge in [0.1, 0.15) is 6.04 Å². The van der Waals surface area contributed by atoms with Gasteiger partial charge in [-0.3, -0.25) is 4.79 Å². The van der Waals surface area contributed by atoms with Crippen molar-refractivity contribution in [2.75, 3.05) is 12.0 Å². The van der Waals surface area contributed by atoms with Crippen LogP contribution in [0, 0.1) is 6.92 Å². The Labute approximate surface area is 234 Å². The molecule has 0 unspecified atom stereocenters. The number of thioether (sulfide) groups is 1. The van der Waals surface area contributed by atoms with Gasteiger partial charge < -0.3 is 10.4 Å². The summed E-state index contributed by atoms with van der Waals surface area (Å²) in [7, 11) is 0. The summed E-state index contributed by atoms with van der Waals surface area (Å²) < 4.78 is 0. The first-order valence-electron chi connectivity index (χ1n) is 11.9. The van der Waals surface area contributed by atoms with Gasteiger partial charge in [0.05, 0.1) is 0 Å². The molecule has 2 N–H and O–H groups in total. The van der Waals surface area contributed by atoms with E-state index in [-0.39, 0.29) is 24.8 Å². The van der Waals surface area contributed by atoms with Crippen molar-refractivity contribution in [2.45, 2.75) is 19.4 Å². The third kappa shape index (κ3) is 6.75. The molecule has 0 bridgehead atoms. The molecule has 0 saturated carbocycles. The van der Waals surface area contributed by atoms with Gasteiger partial charge in [-0.05, 0) is 76.4 Å². The standard InChI is InChI=1S/C31H29NO3S.Li.H/c1-21-10-6-7-13-24(21)28-20-23(26-15-9-8-14-25(26)22-11-4-3-5-12-22)16-17-27(28)30(33)32-29(31(34)35)18-19-36-2;;/h3-17,20,29H,18-19H2,1-2H3,(H,32,33)(H,34,35);;/t29-;;/m0../s1. The van der Waals surface area contributed by atoms with Gasteiger partial charge in [0.15, 0.2) is 0 Å². The van der Waals surface area contributed by atoms with Crippen molar-refractivity contribution in [3.8, 4) is 33.4 Å². The second-order valence-electron chi connectivity index (χ2n) is 8.63. The first-order valence-corrected chi connectivity index (χ1v) is 13.3. The monoisotopic (exact) mass is 503 g/mol.